The Hall–Kier alpha value is -2.35. The number of thiazole rings is 1. The van der Waals surface area contributed by atoms with Gasteiger partial charge in [0.25, 0.3) is 5.91 Å². The quantitative estimate of drug-likeness (QED) is 0.533. The van der Waals surface area contributed by atoms with Crippen molar-refractivity contribution in [2.45, 2.75) is 58.0 Å². The van der Waals surface area contributed by atoms with Crippen LogP contribution in [0.25, 0.3) is 10.2 Å². The minimum Gasteiger partial charge on any atom is -0.396 e. The number of pyridine rings is 1. The zero-order valence-electron chi connectivity index (χ0n) is 18.2. The highest BCUT2D eigenvalue weighted by atomic mass is 32.1. The normalized spacial score (nSPS) is 19.5. The van der Waals surface area contributed by atoms with E-state index in [4.69, 9.17) is 4.98 Å². The Morgan fingerprint density at radius 2 is 1.94 bits per heavy atom. The number of benzene rings is 1. The summed E-state index contributed by atoms with van der Waals surface area (Å²) in [6.45, 7) is 5.52. The molecule has 3 aromatic rings. The average Bonchev–Trinajstić information content (AvgIpc) is 3.15. The van der Waals surface area contributed by atoms with Gasteiger partial charge in [-0.15, -0.1) is 11.3 Å². The van der Waals surface area contributed by atoms with E-state index in [-0.39, 0.29) is 12.5 Å². The van der Waals surface area contributed by atoms with Crippen LogP contribution in [0.4, 0.5) is 5.69 Å². The van der Waals surface area contributed by atoms with E-state index in [0.29, 0.717) is 28.8 Å². The molecule has 4 rings (SSSR count). The van der Waals surface area contributed by atoms with Gasteiger partial charge in [-0.3, -0.25) is 4.79 Å². The van der Waals surface area contributed by atoms with Gasteiger partial charge in [-0.1, -0.05) is 6.07 Å². The van der Waals surface area contributed by atoms with Gasteiger partial charge >= 0.3 is 0 Å². The molecular weight excluding hydrogens is 410 g/mol. The molecule has 0 atom stereocenters. The summed E-state index contributed by atoms with van der Waals surface area (Å²) >= 11 is 1.65. The molecule has 6 nitrogen and oxygen atoms in total. The summed E-state index contributed by atoms with van der Waals surface area (Å²) in [5.74, 6) is 0.505. The number of aryl methyl sites for hydroxylation is 1. The summed E-state index contributed by atoms with van der Waals surface area (Å²) in [6.07, 6.45) is 4.12. The van der Waals surface area contributed by atoms with Crippen LogP contribution in [0.1, 0.15) is 72.2 Å². The van der Waals surface area contributed by atoms with Crippen LogP contribution >= 0.6 is 11.3 Å². The molecule has 164 valence electrons. The van der Waals surface area contributed by atoms with Crippen LogP contribution < -0.4 is 5.32 Å². The zero-order chi connectivity index (χ0) is 22.2. The number of anilines is 1. The molecule has 0 spiro atoms. The van der Waals surface area contributed by atoms with E-state index in [1.807, 2.05) is 25.1 Å². The summed E-state index contributed by atoms with van der Waals surface area (Å²) in [4.78, 5) is 22.0. The van der Waals surface area contributed by atoms with Crippen molar-refractivity contribution in [1.82, 2.24) is 9.97 Å². The van der Waals surface area contributed by atoms with Crippen LogP contribution in [0.2, 0.25) is 0 Å². The average molecular weight is 440 g/mol. The van der Waals surface area contributed by atoms with Crippen LogP contribution in [0.15, 0.2) is 30.3 Å². The smallest absolute Gasteiger partial charge is 0.274 e. The van der Waals surface area contributed by atoms with E-state index in [0.717, 1.165) is 46.6 Å². The number of amides is 1. The maximum atomic E-state index is 12.8. The second kappa shape index (κ2) is 8.65. The van der Waals surface area contributed by atoms with Crippen LogP contribution in [-0.2, 0) is 5.60 Å². The molecule has 2 heterocycles. The lowest BCUT2D eigenvalue weighted by atomic mass is 9.83. The van der Waals surface area contributed by atoms with E-state index < -0.39 is 5.60 Å². The predicted molar refractivity (Wildman–Crippen MR) is 124 cm³/mol. The molecule has 0 aliphatic heterocycles. The molecule has 2 aromatic heterocycles. The molecule has 1 aliphatic rings. The Labute approximate surface area is 186 Å². The molecule has 0 bridgehead atoms. The van der Waals surface area contributed by atoms with E-state index >= 15 is 0 Å². The first kappa shape index (κ1) is 21.9. The lowest BCUT2D eigenvalue weighted by Crippen LogP contribution is -2.21. The van der Waals surface area contributed by atoms with Gasteiger partial charge in [0.15, 0.2) is 0 Å². The highest BCUT2D eigenvalue weighted by Gasteiger charge is 2.27. The van der Waals surface area contributed by atoms with Crippen molar-refractivity contribution < 1.29 is 15.0 Å². The molecular formula is C24H29N3O3S. The third kappa shape index (κ3) is 4.79. The molecule has 1 aliphatic carbocycles. The monoisotopic (exact) mass is 439 g/mol. The fourth-order valence-corrected chi connectivity index (χ4v) is 5.38. The first-order valence-electron chi connectivity index (χ1n) is 10.8. The van der Waals surface area contributed by atoms with Gasteiger partial charge < -0.3 is 15.5 Å². The van der Waals surface area contributed by atoms with Gasteiger partial charge in [-0.05, 0) is 76.6 Å². The van der Waals surface area contributed by atoms with Crippen LogP contribution in [0, 0.1) is 12.8 Å². The molecule has 1 fully saturated rings. The molecule has 7 heteroatoms. The number of hydrogen-bond donors (Lipinski definition) is 3. The highest BCUT2D eigenvalue weighted by molar-refractivity contribution is 7.18. The summed E-state index contributed by atoms with van der Waals surface area (Å²) in [5, 5.41) is 24.2. The standard InChI is InChI=1S/C24H29N3O3S/c1-14-5-4-6-18(25-14)22(29)26-19-12-21-20(11-17(19)24(2,3)30)27-23(31-21)16-9-7-15(13-28)8-10-16/h4-6,11-12,15-16,28,30H,7-10,13H2,1-3H3,(H,26,29)/t15-,16-. The van der Waals surface area contributed by atoms with Crippen molar-refractivity contribution in [2.24, 2.45) is 5.92 Å². The number of hydrogen-bond acceptors (Lipinski definition) is 6. The summed E-state index contributed by atoms with van der Waals surface area (Å²) in [6, 6.07) is 9.12. The lowest BCUT2D eigenvalue weighted by molar-refractivity contribution is 0.0794. The molecule has 1 saturated carbocycles. The van der Waals surface area contributed by atoms with Gasteiger partial charge in [0.1, 0.15) is 5.69 Å². The first-order valence-corrected chi connectivity index (χ1v) is 11.6. The second-order valence-corrected chi connectivity index (χ2v) is 10.1. The molecule has 31 heavy (non-hydrogen) atoms. The number of rotatable bonds is 5. The van der Waals surface area contributed by atoms with Gasteiger partial charge in [0.05, 0.1) is 20.8 Å². The number of fused-ring (bicyclic) bond motifs is 1. The number of nitrogens with zero attached hydrogens (tertiary/aromatic N) is 2. The van der Waals surface area contributed by atoms with E-state index in [1.165, 1.54) is 0 Å². The number of aliphatic hydroxyl groups excluding tert-OH is 1. The summed E-state index contributed by atoms with van der Waals surface area (Å²) in [7, 11) is 0. The predicted octanol–water partition coefficient (Wildman–Crippen LogP) is 4.75. The molecule has 0 radical (unpaired) electrons. The van der Waals surface area contributed by atoms with Crippen molar-refractivity contribution >= 4 is 33.1 Å². The van der Waals surface area contributed by atoms with Crippen molar-refractivity contribution in [1.29, 1.82) is 0 Å². The Bertz CT molecular complexity index is 1100. The number of carbonyl (C=O) groups is 1. The second-order valence-electron chi connectivity index (χ2n) is 9.00. The topological polar surface area (TPSA) is 95.3 Å². The van der Waals surface area contributed by atoms with E-state index in [2.05, 4.69) is 10.3 Å². The van der Waals surface area contributed by atoms with E-state index in [9.17, 15) is 15.0 Å². The Morgan fingerprint density at radius 3 is 2.58 bits per heavy atom. The lowest BCUT2D eigenvalue weighted by Gasteiger charge is -2.25. The number of aromatic nitrogens is 2. The molecule has 3 N–H and O–H groups in total. The Balaban J connectivity index is 1.66. The maximum absolute atomic E-state index is 12.8. The van der Waals surface area contributed by atoms with Gasteiger partial charge in [-0.25, -0.2) is 9.97 Å². The summed E-state index contributed by atoms with van der Waals surface area (Å²) < 4.78 is 0.986. The number of carbonyl (C=O) groups excluding carboxylic acids is 1. The highest BCUT2D eigenvalue weighted by Crippen LogP contribution is 2.41. The Morgan fingerprint density at radius 1 is 1.19 bits per heavy atom. The van der Waals surface area contributed by atoms with Crippen molar-refractivity contribution in [3.63, 3.8) is 0 Å². The molecule has 1 amide bonds. The van der Waals surface area contributed by atoms with Crippen LogP contribution in [0.3, 0.4) is 0 Å². The van der Waals surface area contributed by atoms with E-state index in [1.54, 1.807) is 37.3 Å². The third-order valence-electron chi connectivity index (χ3n) is 6.03. The zero-order valence-corrected chi connectivity index (χ0v) is 19.0. The van der Waals surface area contributed by atoms with Crippen LogP contribution in [0.5, 0.6) is 0 Å². The maximum Gasteiger partial charge on any atom is 0.274 e. The third-order valence-corrected chi connectivity index (χ3v) is 7.21. The fraction of sp³-hybridized carbons (Fsp3) is 0.458. The van der Waals surface area contributed by atoms with Crippen LogP contribution in [-0.4, -0.2) is 32.7 Å². The van der Waals surface area contributed by atoms with Crippen molar-refractivity contribution in [3.8, 4) is 0 Å². The SMILES string of the molecule is Cc1cccc(C(=O)Nc2cc3sc([C@H]4CC[C@H](CO)CC4)nc3cc2C(C)(C)O)n1. The number of nitrogens with one attached hydrogen (secondary N) is 1. The minimum absolute atomic E-state index is 0.264. The van der Waals surface area contributed by atoms with Crippen molar-refractivity contribution in [3.05, 3.63) is 52.3 Å². The minimum atomic E-state index is -1.14. The number of aliphatic hydroxyl groups is 2. The van der Waals surface area contributed by atoms with Crippen molar-refractivity contribution in [2.75, 3.05) is 11.9 Å². The largest absolute Gasteiger partial charge is 0.396 e. The summed E-state index contributed by atoms with van der Waals surface area (Å²) in [5.41, 5.74) is 2.02. The molecule has 1 aromatic carbocycles. The fourth-order valence-electron chi connectivity index (χ4n) is 4.22. The molecule has 0 saturated heterocycles. The first-order chi connectivity index (χ1) is 14.7. The van der Waals surface area contributed by atoms with Gasteiger partial charge in [-0.2, -0.15) is 0 Å². The van der Waals surface area contributed by atoms with Gasteiger partial charge in [0.2, 0.25) is 0 Å². The van der Waals surface area contributed by atoms with Gasteiger partial charge in [0, 0.05) is 29.5 Å². The Kier molecular flexibility index (Phi) is 6.10. The molecule has 0 unspecified atom stereocenters.